The molecule has 1 heterocycles. The molecule has 29 heavy (non-hydrogen) atoms. The molecule has 1 aromatic carbocycles. The van der Waals surface area contributed by atoms with E-state index in [2.05, 4.69) is 17.6 Å². The molecule has 0 spiro atoms. The van der Waals surface area contributed by atoms with Crippen LogP contribution in [0.15, 0.2) is 29.7 Å². The topological polar surface area (TPSA) is 88.4 Å². The van der Waals surface area contributed by atoms with E-state index in [0.717, 1.165) is 44.1 Å². The van der Waals surface area contributed by atoms with Crippen LogP contribution < -0.4 is 16.0 Å². The van der Waals surface area contributed by atoms with Crippen molar-refractivity contribution in [3.05, 3.63) is 41.3 Å². The zero-order chi connectivity index (χ0) is 21.1. The Labute approximate surface area is 169 Å². The van der Waals surface area contributed by atoms with Crippen LogP contribution in [0.1, 0.15) is 19.8 Å². The highest BCUT2D eigenvalue weighted by Gasteiger charge is 2.24. The molecule has 9 heteroatoms. The number of unbranched alkanes of at least 4 members (excludes halogenated alkanes) is 1. The van der Waals surface area contributed by atoms with Gasteiger partial charge < -0.3 is 25.0 Å². The van der Waals surface area contributed by atoms with Crippen LogP contribution in [0.25, 0.3) is 0 Å². The van der Waals surface area contributed by atoms with Crippen LogP contribution in [-0.4, -0.2) is 63.0 Å². The van der Waals surface area contributed by atoms with Gasteiger partial charge in [0.15, 0.2) is 6.21 Å². The zero-order valence-electron chi connectivity index (χ0n) is 16.7. The number of ether oxygens (including phenoxy) is 2. The molecule has 0 radical (unpaired) electrons. The van der Waals surface area contributed by atoms with Crippen molar-refractivity contribution in [2.75, 3.05) is 51.3 Å². The number of amides is 1. The Bertz CT molecular complexity index is 701. The summed E-state index contributed by atoms with van der Waals surface area (Å²) in [5.74, 6) is -2.23. The number of carbonyl (C=O) groups is 1. The van der Waals surface area contributed by atoms with E-state index in [0.29, 0.717) is 32.0 Å². The van der Waals surface area contributed by atoms with Gasteiger partial charge >= 0.3 is 0 Å². The number of nitrogens with two attached hydrogens (primary N) is 1. The van der Waals surface area contributed by atoms with Gasteiger partial charge in [0.25, 0.3) is 5.91 Å². The Morgan fingerprint density at radius 3 is 2.52 bits per heavy atom. The summed E-state index contributed by atoms with van der Waals surface area (Å²) in [4.78, 5) is 14.8. The molecule has 0 unspecified atom stereocenters. The van der Waals surface area contributed by atoms with E-state index in [1.165, 1.54) is 6.21 Å². The predicted molar refractivity (Wildman–Crippen MR) is 106 cm³/mol. The highest BCUT2D eigenvalue weighted by atomic mass is 19.1. The van der Waals surface area contributed by atoms with Gasteiger partial charge in [-0.15, -0.1) is 0 Å². The molecular formula is C20H29F2N4O3+. The number of anilines is 1. The van der Waals surface area contributed by atoms with Gasteiger partial charge in [0.1, 0.15) is 23.9 Å². The van der Waals surface area contributed by atoms with Crippen molar-refractivity contribution in [1.29, 1.82) is 0 Å². The molecule has 1 saturated heterocycles. The van der Waals surface area contributed by atoms with Crippen LogP contribution in [0.2, 0.25) is 0 Å². The average molecular weight is 411 g/mol. The van der Waals surface area contributed by atoms with Crippen molar-refractivity contribution in [3.63, 3.8) is 0 Å². The minimum Gasteiger partial charge on any atom is -0.484 e. The minimum atomic E-state index is -0.788. The largest absolute Gasteiger partial charge is 0.484 e. The maximum Gasteiger partial charge on any atom is 0.293 e. The summed E-state index contributed by atoms with van der Waals surface area (Å²) in [6.45, 7) is 5.90. The molecule has 2 rings (SSSR count). The first-order valence-electron chi connectivity index (χ1n) is 9.78. The number of piperazine rings is 1. The first-order chi connectivity index (χ1) is 14.0. The van der Waals surface area contributed by atoms with E-state index in [-0.39, 0.29) is 18.1 Å². The van der Waals surface area contributed by atoms with Crippen molar-refractivity contribution in [2.45, 2.75) is 19.8 Å². The van der Waals surface area contributed by atoms with Crippen LogP contribution in [0, 0.1) is 11.6 Å². The molecule has 1 aliphatic heterocycles. The number of carbonyl (C=O) groups excluding carboxylic acids is 1. The molecular weight excluding hydrogens is 382 g/mol. The first kappa shape index (κ1) is 22.8. The minimum absolute atomic E-state index is 0.00974. The van der Waals surface area contributed by atoms with Gasteiger partial charge in [0.05, 0.1) is 6.61 Å². The van der Waals surface area contributed by atoms with E-state index in [4.69, 9.17) is 14.9 Å². The Kier molecular flexibility index (Phi) is 9.52. The fraction of sp³-hybridized carbons (Fsp3) is 0.500. The number of halogens is 2. The highest BCUT2D eigenvalue weighted by Crippen LogP contribution is 2.17. The van der Waals surface area contributed by atoms with Crippen LogP contribution in [0.3, 0.4) is 0 Å². The lowest BCUT2D eigenvalue weighted by molar-refractivity contribution is -0.117. The zero-order valence-corrected chi connectivity index (χ0v) is 16.7. The summed E-state index contributed by atoms with van der Waals surface area (Å²) in [5, 5.41) is 11.5. The van der Waals surface area contributed by atoms with Crippen LogP contribution in [-0.2, 0) is 14.3 Å². The second-order valence-electron chi connectivity index (χ2n) is 6.54. The quantitative estimate of drug-likeness (QED) is 0.216. The molecule has 0 bridgehead atoms. The van der Waals surface area contributed by atoms with Crippen molar-refractivity contribution in [1.82, 2.24) is 10.2 Å². The number of benzene rings is 1. The standard InChI is InChI=1S/C20H28F2N4O3/c1-2-3-8-28-9-10-29-19(18(14-23)26-6-4-24-5-7-26)20(27)25-17-12-15(21)11-16(22)13-17/h11-14,23-24H,2-10H2,1H3,(H,25,27)/p+1/b19-18-,23-14?. The van der Waals surface area contributed by atoms with Crippen molar-refractivity contribution >= 4 is 17.8 Å². The normalized spacial score (nSPS) is 14.9. The van der Waals surface area contributed by atoms with E-state index >= 15 is 0 Å². The van der Waals surface area contributed by atoms with Crippen molar-refractivity contribution in [2.24, 2.45) is 0 Å². The maximum absolute atomic E-state index is 13.5. The fourth-order valence-electron chi connectivity index (χ4n) is 2.85. The summed E-state index contributed by atoms with van der Waals surface area (Å²) in [5.41, 5.74) is 0.416. The number of allylic oxidation sites excluding steroid dienone is 1. The molecule has 4 N–H and O–H groups in total. The monoisotopic (exact) mass is 411 g/mol. The molecule has 0 saturated carbocycles. The van der Waals surface area contributed by atoms with Crippen molar-refractivity contribution in [3.8, 4) is 0 Å². The molecule has 1 aliphatic rings. The third-order valence-corrected chi connectivity index (χ3v) is 4.29. The molecule has 0 aromatic heterocycles. The molecule has 160 valence electrons. The van der Waals surface area contributed by atoms with E-state index < -0.39 is 17.5 Å². The average Bonchev–Trinajstić information content (AvgIpc) is 2.69. The lowest BCUT2D eigenvalue weighted by atomic mass is 10.2. The highest BCUT2D eigenvalue weighted by molar-refractivity contribution is 6.05. The van der Waals surface area contributed by atoms with E-state index in [1.54, 1.807) is 0 Å². The Hall–Kier alpha value is -2.52. The smallest absolute Gasteiger partial charge is 0.293 e. The molecule has 1 fully saturated rings. The third kappa shape index (κ3) is 7.43. The predicted octanol–water partition coefficient (Wildman–Crippen LogP) is 0.683. The third-order valence-electron chi connectivity index (χ3n) is 4.29. The lowest BCUT2D eigenvalue weighted by Gasteiger charge is -2.29. The lowest BCUT2D eigenvalue weighted by Crippen LogP contribution is -2.47. The summed E-state index contributed by atoms with van der Waals surface area (Å²) in [6, 6.07) is 2.79. The maximum atomic E-state index is 13.5. The molecule has 0 aliphatic carbocycles. The van der Waals surface area contributed by atoms with E-state index in [1.807, 2.05) is 4.90 Å². The summed E-state index contributed by atoms with van der Waals surface area (Å²) >= 11 is 0. The van der Waals surface area contributed by atoms with Crippen LogP contribution in [0.5, 0.6) is 0 Å². The second-order valence-corrected chi connectivity index (χ2v) is 6.54. The number of rotatable bonds is 11. The number of hydrogen-bond donors (Lipinski definition) is 3. The van der Waals surface area contributed by atoms with Crippen molar-refractivity contribution < 1.29 is 28.5 Å². The van der Waals surface area contributed by atoms with Gasteiger partial charge in [-0.25, -0.2) is 8.78 Å². The first-order valence-corrected chi connectivity index (χ1v) is 9.78. The Balaban J connectivity index is 2.16. The molecule has 0 atom stereocenters. The Morgan fingerprint density at radius 2 is 1.90 bits per heavy atom. The van der Waals surface area contributed by atoms with E-state index in [9.17, 15) is 13.6 Å². The van der Waals surface area contributed by atoms with Gasteiger partial charge in [-0.1, -0.05) is 13.3 Å². The molecule has 1 amide bonds. The number of hydrogen-bond acceptors (Lipinski definition) is 5. The van der Waals surface area contributed by atoms with Gasteiger partial charge in [0, 0.05) is 44.5 Å². The fourth-order valence-corrected chi connectivity index (χ4v) is 2.85. The van der Waals surface area contributed by atoms with Gasteiger partial charge in [-0.05, 0) is 18.6 Å². The number of nitrogens with one attached hydrogen (secondary N) is 2. The summed E-state index contributed by atoms with van der Waals surface area (Å²) < 4.78 is 38.1. The summed E-state index contributed by atoms with van der Waals surface area (Å²) in [7, 11) is 0. The van der Waals surface area contributed by atoms with Crippen LogP contribution in [0.4, 0.5) is 14.5 Å². The van der Waals surface area contributed by atoms with Gasteiger partial charge in [0.2, 0.25) is 5.76 Å². The van der Waals surface area contributed by atoms with Gasteiger partial charge in [-0.3, -0.25) is 10.2 Å². The summed E-state index contributed by atoms with van der Waals surface area (Å²) in [6.07, 6.45) is 3.27. The number of nitrogens with zero attached hydrogens (tertiary/aromatic N) is 1. The molecule has 7 nitrogen and oxygen atoms in total. The SMILES string of the molecule is CCCCOCCO/C(C(=O)Nc1cc(F)cc(F)c1)=C(/C=[NH2+])N1CCNCC1. The van der Waals surface area contributed by atoms with Gasteiger partial charge in [-0.2, -0.15) is 0 Å². The molecule has 1 aromatic rings. The second kappa shape index (κ2) is 12.1. The van der Waals surface area contributed by atoms with Crippen LogP contribution >= 0.6 is 0 Å². The Morgan fingerprint density at radius 1 is 1.21 bits per heavy atom.